The van der Waals surface area contributed by atoms with E-state index >= 15 is 0 Å². The molecule has 0 spiro atoms. The fraction of sp³-hybridized carbons (Fsp3) is 0.400. The second-order valence-corrected chi connectivity index (χ2v) is 5.22. The number of rotatable bonds is 5. The quantitative estimate of drug-likeness (QED) is 0.558. The number of unbranched alkanes of at least 4 members (excludes halogenated alkanes) is 1. The normalized spacial score (nSPS) is 18.5. The van der Waals surface area contributed by atoms with Crippen molar-refractivity contribution in [2.75, 3.05) is 6.54 Å². The molecule has 1 atom stereocenters. The van der Waals surface area contributed by atoms with Gasteiger partial charge in [-0.2, -0.15) is 0 Å². The summed E-state index contributed by atoms with van der Waals surface area (Å²) >= 11 is 0. The van der Waals surface area contributed by atoms with Crippen LogP contribution < -0.4 is 5.32 Å². The lowest BCUT2D eigenvalue weighted by Gasteiger charge is -2.30. The highest BCUT2D eigenvalue weighted by Gasteiger charge is 2.39. The van der Waals surface area contributed by atoms with E-state index in [9.17, 15) is 24.6 Å². The molecule has 0 radical (unpaired) electrons. The van der Waals surface area contributed by atoms with Crippen molar-refractivity contribution in [3.05, 3.63) is 23.8 Å². The summed E-state index contributed by atoms with van der Waals surface area (Å²) in [5, 5.41) is 20.9. The monoisotopic (exact) mass is 306 g/mol. The van der Waals surface area contributed by atoms with Gasteiger partial charge < -0.3 is 10.2 Å². The molecule has 4 amide bonds. The number of barbiturate groups is 1. The Morgan fingerprint density at radius 2 is 1.91 bits per heavy atom. The molecule has 1 aromatic rings. The van der Waals surface area contributed by atoms with Crippen LogP contribution >= 0.6 is 0 Å². The smallest absolute Gasteiger partial charge is 0.330 e. The Hall–Kier alpha value is -2.57. The number of urea groups is 1. The molecule has 0 saturated carbocycles. The van der Waals surface area contributed by atoms with Crippen molar-refractivity contribution in [3.8, 4) is 11.5 Å². The number of carbonyl (C=O) groups excluding carboxylic acids is 3. The summed E-state index contributed by atoms with van der Waals surface area (Å²) in [5.41, 5.74) is 0.522. The molecule has 1 unspecified atom stereocenters. The molecule has 3 N–H and O–H groups in total. The maximum atomic E-state index is 12.3. The molecule has 0 aromatic heterocycles. The highest BCUT2D eigenvalue weighted by molar-refractivity contribution is 6.16. The van der Waals surface area contributed by atoms with Gasteiger partial charge in [0.2, 0.25) is 11.8 Å². The summed E-state index contributed by atoms with van der Waals surface area (Å²) in [5.74, 6) is -2.79. The first kappa shape index (κ1) is 15.8. The average Bonchev–Trinajstić information content (AvgIpc) is 2.47. The maximum Gasteiger partial charge on any atom is 0.330 e. The van der Waals surface area contributed by atoms with Gasteiger partial charge in [-0.25, -0.2) is 4.79 Å². The summed E-state index contributed by atoms with van der Waals surface area (Å²) in [7, 11) is 0. The summed E-state index contributed by atoms with van der Waals surface area (Å²) in [6, 6.07) is 3.41. The molecule has 2 rings (SSSR count). The van der Waals surface area contributed by atoms with E-state index in [0.29, 0.717) is 12.0 Å². The van der Waals surface area contributed by atoms with E-state index in [-0.39, 0.29) is 24.5 Å². The van der Waals surface area contributed by atoms with Crippen LogP contribution in [0.2, 0.25) is 0 Å². The van der Waals surface area contributed by atoms with Crippen LogP contribution in [0.3, 0.4) is 0 Å². The highest BCUT2D eigenvalue weighted by Crippen LogP contribution is 2.27. The van der Waals surface area contributed by atoms with Crippen LogP contribution in [-0.2, 0) is 16.0 Å². The van der Waals surface area contributed by atoms with Crippen molar-refractivity contribution < 1.29 is 24.6 Å². The van der Waals surface area contributed by atoms with Crippen molar-refractivity contribution in [1.29, 1.82) is 0 Å². The van der Waals surface area contributed by atoms with Gasteiger partial charge >= 0.3 is 6.03 Å². The summed E-state index contributed by atoms with van der Waals surface area (Å²) in [6.07, 6.45) is 1.54. The number of hydrogen-bond acceptors (Lipinski definition) is 5. The zero-order valence-corrected chi connectivity index (χ0v) is 12.2. The molecule has 22 heavy (non-hydrogen) atoms. The van der Waals surface area contributed by atoms with E-state index in [1.165, 1.54) is 18.2 Å². The van der Waals surface area contributed by atoms with E-state index in [1.807, 2.05) is 6.92 Å². The lowest BCUT2D eigenvalue weighted by Crippen LogP contribution is -2.58. The number of carbonyl (C=O) groups is 3. The summed E-state index contributed by atoms with van der Waals surface area (Å²) in [6.45, 7) is 2.21. The minimum absolute atomic E-state index is 0.0500. The predicted molar refractivity (Wildman–Crippen MR) is 77.1 cm³/mol. The molecule has 1 aliphatic heterocycles. The predicted octanol–water partition coefficient (Wildman–Crippen LogP) is 1.13. The summed E-state index contributed by atoms with van der Waals surface area (Å²) in [4.78, 5) is 37.0. The van der Waals surface area contributed by atoms with Gasteiger partial charge in [0.05, 0.1) is 0 Å². The van der Waals surface area contributed by atoms with Crippen LogP contribution in [0.15, 0.2) is 18.2 Å². The molecule has 1 aliphatic rings. The summed E-state index contributed by atoms with van der Waals surface area (Å²) < 4.78 is 0. The molecule has 118 valence electrons. The molecule has 7 heteroatoms. The Morgan fingerprint density at radius 3 is 2.55 bits per heavy atom. The molecular formula is C15H18N2O5. The SMILES string of the molecule is CCCCN1C(=O)NC(=O)C(Cc2ccc(O)c(O)c2)C1=O. The maximum absolute atomic E-state index is 12.3. The van der Waals surface area contributed by atoms with Crippen LogP contribution in [0.4, 0.5) is 4.79 Å². The minimum atomic E-state index is -1.02. The first-order chi connectivity index (χ1) is 10.4. The molecule has 1 fully saturated rings. The van der Waals surface area contributed by atoms with Crippen molar-refractivity contribution >= 4 is 17.8 Å². The zero-order valence-electron chi connectivity index (χ0n) is 12.2. The minimum Gasteiger partial charge on any atom is -0.504 e. The number of phenols is 2. The number of amides is 4. The number of imide groups is 2. The van der Waals surface area contributed by atoms with E-state index in [0.717, 1.165) is 11.3 Å². The van der Waals surface area contributed by atoms with Gasteiger partial charge in [-0.3, -0.25) is 19.8 Å². The Labute approximate surface area is 127 Å². The van der Waals surface area contributed by atoms with Crippen LogP contribution in [-0.4, -0.2) is 39.5 Å². The largest absolute Gasteiger partial charge is 0.504 e. The topological polar surface area (TPSA) is 107 Å². The first-order valence-electron chi connectivity index (χ1n) is 7.11. The number of nitrogens with zero attached hydrogens (tertiary/aromatic N) is 1. The van der Waals surface area contributed by atoms with Gasteiger partial charge in [-0.05, 0) is 30.5 Å². The van der Waals surface area contributed by atoms with Gasteiger partial charge in [0.25, 0.3) is 0 Å². The third-order valence-corrected chi connectivity index (χ3v) is 3.57. The number of nitrogens with one attached hydrogen (secondary N) is 1. The molecule has 7 nitrogen and oxygen atoms in total. The van der Waals surface area contributed by atoms with Crippen LogP contribution in [0, 0.1) is 5.92 Å². The van der Waals surface area contributed by atoms with Crippen molar-refractivity contribution in [3.63, 3.8) is 0 Å². The standard InChI is InChI=1S/C15H18N2O5/c1-2-3-6-17-14(21)10(13(20)16-15(17)22)7-9-4-5-11(18)12(19)8-9/h4-5,8,10,18-19H,2-3,6-7H2,1H3,(H,16,20,22). The molecule has 1 saturated heterocycles. The van der Waals surface area contributed by atoms with Gasteiger partial charge in [0, 0.05) is 6.54 Å². The lowest BCUT2D eigenvalue weighted by molar-refractivity contribution is -0.142. The van der Waals surface area contributed by atoms with E-state index in [2.05, 4.69) is 5.32 Å². The molecule has 0 aliphatic carbocycles. The van der Waals surface area contributed by atoms with E-state index in [4.69, 9.17) is 0 Å². The van der Waals surface area contributed by atoms with Crippen molar-refractivity contribution in [2.45, 2.75) is 26.2 Å². The van der Waals surface area contributed by atoms with Crippen LogP contribution in [0.25, 0.3) is 0 Å². The number of aromatic hydroxyl groups is 2. The Kier molecular flexibility index (Phi) is 4.65. The second-order valence-electron chi connectivity index (χ2n) is 5.22. The Balaban J connectivity index is 2.17. The molecule has 1 aromatic carbocycles. The third-order valence-electron chi connectivity index (χ3n) is 3.57. The van der Waals surface area contributed by atoms with Crippen LogP contribution in [0.5, 0.6) is 11.5 Å². The first-order valence-corrected chi connectivity index (χ1v) is 7.11. The third kappa shape index (κ3) is 3.19. The number of phenolic OH excluding ortho intramolecular Hbond substituents is 2. The van der Waals surface area contributed by atoms with Crippen LogP contribution in [0.1, 0.15) is 25.3 Å². The van der Waals surface area contributed by atoms with Gasteiger partial charge in [0.1, 0.15) is 5.92 Å². The molecular weight excluding hydrogens is 288 g/mol. The Morgan fingerprint density at radius 1 is 1.18 bits per heavy atom. The second kappa shape index (κ2) is 6.46. The Bertz CT molecular complexity index is 614. The van der Waals surface area contributed by atoms with Gasteiger partial charge in [0.15, 0.2) is 11.5 Å². The zero-order chi connectivity index (χ0) is 16.3. The number of benzene rings is 1. The van der Waals surface area contributed by atoms with Gasteiger partial charge in [-0.15, -0.1) is 0 Å². The fourth-order valence-corrected chi connectivity index (χ4v) is 2.30. The number of hydrogen-bond donors (Lipinski definition) is 3. The highest BCUT2D eigenvalue weighted by atomic mass is 16.3. The lowest BCUT2D eigenvalue weighted by atomic mass is 9.95. The van der Waals surface area contributed by atoms with Crippen molar-refractivity contribution in [2.24, 2.45) is 5.92 Å². The van der Waals surface area contributed by atoms with Gasteiger partial charge in [-0.1, -0.05) is 19.4 Å². The molecule has 0 bridgehead atoms. The molecule has 1 heterocycles. The van der Waals surface area contributed by atoms with E-state index < -0.39 is 23.8 Å². The average molecular weight is 306 g/mol. The van der Waals surface area contributed by atoms with E-state index in [1.54, 1.807) is 0 Å². The van der Waals surface area contributed by atoms with Crippen molar-refractivity contribution in [1.82, 2.24) is 10.2 Å². The fourth-order valence-electron chi connectivity index (χ4n) is 2.30.